The topological polar surface area (TPSA) is 38.1 Å². The van der Waals surface area contributed by atoms with Gasteiger partial charge in [0.1, 0.15) is 5.52 Å². The lowest BCUT2D eigenvalue weighted by atomic mass is 9.91. The van der Waals surface area contributed by atoms with Crippen LogP contribution in [-0.2, 0) is 0 Å². The molecule has 0 amide bonds. The average Bonchev–Trinajstić information content (AvgIpc) is 2.92. The van der Waals surface area contributed by atoms with Gasteiger partial charge in [-0.25, -0.2) is 4.98 Å². The molecule has 3 aromatic rings. The molecule has 0 spiro atoms. The van der Waals surface area contributed by atoms with Crippen molar-refractivity contribution in [3.63, 3.8) is 0 Å². The van der Waals surface area contributed by atoms with E-state index in [1.807, 2.05) is 12.1 Å². The maximum absolute atomic E-state index is 6.01. The number of nitrogens with zero attached hydrogens (tertiary/aromatic N) is 1. The smallest absolute Gasteiger partial charge is 0.203 e. The fourth-order valence-electron chi connectivity index (χ4n) is 2.98. The van der Waals surface area contributed by atoms with Crippen LogP contribution in [0.2, 0.25) is 0 Å². The number of rotatable bonds is 1. The van der Waals surface area contributed by atoms with Gasteiger partial charge in [0.15, 0.2) is 5.58 Å². The fourth-order valence-corrected chi connectivity index (χ4v) is 2.98. The average molecular weight is 264 g/mol. The van der Waals surface area contributed by atoms with Crippen LogP contribution in [0.5, 0.6) is 0 Å². The summed E-state index contributed by atoms with van der Waals surface area (Å²) in [5, 5.41) is 3.44. The Morgan fingerprint density at radius 2 is 2.05 bits per heavy atom. The predicted octanol–water partition coefficient (Wildman–Crippen LogP) is 4.08. The highest BCUT2D eigenvalue weighted by atomic mass is 16.3. The lowest BCUT2D eigenvalue weighted by Gasteiger charge is -2.24. The van der Waals surface area contributed by atoms with E-state index < -0.39 is 0 Å². The Morgan fingerprint density at radius 1 is 1.15 bits per heavy atom. The molecule has 1 unspecified atom stereocenters. The van der Waals surface area contributed by atoms with Crippen LogP contribution in [0.15, 0.2) is 46.9 Å². The maximum atomic E-state index is 6.01. The number of oxazole rings is 1. The third-order valence-electron chi connectivity index (χ3n) is 4.02. The highest BCUT2D eigenvalue weighted by Gasteiger charge is 2.25. The highest BCUT2D eigenvalue weighted by molar-refractivity contribution is 5.76. The van der Waals surface area contributed by atoms with Gasteiger partial charge in [0.2, 0.25) is 5.89 Å². The Bertz CT molecular complexity index is 776. The summed E-state index contributed by atoms with van der Waals surface area (Å²) in [4.78, 5) is 4.74. The molecule has 0 saturated carbocycles. The third kappa shape index (κ3) is 1.70. The van der Waals surface area contributed by atoms with E-state index in [1.54, 1.807) is 0 Å². The minimum Gasteiger partial charge on any atom is -0.440 e. The number of nitrogens with one attached hydrogen (secondary N) is 1. The van der Waals surface area contributed by atoms with Crippen LogP contribution >= 0.6 is 0 Å². The van der Waals surface area contributed by atoms with Gasteiger partial charge in [0.05, 0.1) is 5.92 Å². The summed E-state index contributed by atoms with van der Waals surface area (Å²) in [5.41, 5.74) is 5.51. The van der Waals surface area contributed by atoms with Crippen LogP contribution < -0.4 is 5.32 Å². The quantitative estimate of drug-likeness (QED) is 0.719. The summed E-state index contributed by atoms with van der Waals surface area (Å²) in [7, 11) is 0. The number of anilines is 1. The molecule has 1 N–H and O–H groups in total. The van der Waals surface area contributed by atoms with Gasteiger partial charge in [-0.05, 0) is 36.6 Å². The third-order valence-corrected chi connectivity index (χ3v) is 4.02. The van der Waals surface area contributed by atoms with Crippen molar-refractivity contribution in [2.45, 2.75) is 19.3 Å². The molecule has 0 aliphatic carbocycles. The number of aryl methyl sites for hydroxylation is 1. The predicted molar refractivity (Wildman–Crippen MR) is 80.1 cm³/mol. The molecule has 20 heavy (non-hydrogen) atoms. The molecular weight excluding hydrogens is 248 g/mol. The van der Waals surface area contributed by atoms with Gasteiger partial charge in [-0.2, -0.15) is 0 Å². The number of hydrogen-bond acceptors (Lipinski definition) is 3. The number of benzene rings is 2. The molecule has 0 bridgehead atoms. The molecule has 2 aromatic carbocycles. The molecule has 3 heteroatoms. The molecule has 0 fully saturated rings. The first-order valence-electron chi connectivity index (χ1n) is 7.02. The van der Waals surface area contributed by atoms with Gasteiger partial charge in [-0.15, -0.1) is 0 Å². The monoisotopic (exact) mass is 264 g/mol. The molecular formula is C17H16N2O. The van der Waals surface area contributed by atoms with E-state index in [0.717, 1.165) is 30.0 Å². The summed E-state index contributed by atoms with van der Waals surface area (Å²) in [6.45, 7) is 3.03. The molecule has 3 nitrogen and oxygen atoms in total. The second kappa shape index (κ2) is 4.37. The molecule has 4 rings (SSSR count). The number of aromatic nitrogens is 1. The Labute approximate surface area is 117 Å². The minimum atomic E-state index is 0.249. The van der Waals surface area contributed by atoms with Crippen LogP contribution in [0, 0.1) is 6.92 Å². The zero-order chi connectivity index (χ0) is 13.5. The Balaban J connectivity index is 1.86. The van der Waals surface area contributed by atoms with E-state index in [-0.39, 0.29) is 5.92 Å². The van der Waals surface area contributed by atoms with E-state index in [0.29, 0.717) is 0 Å². The maximum Gasteiger partial charge on any atom is 0.203 e. The first-order valence-corrected chi connectivity index (χ1v) is 7.02. The van der Waals surface area contributed by atoms with E-state index in [2.05, 4.69) is 42.6 Å². The minimum absolute atomic E-state index is 0.249. The molecule has 1 aliphatic heterocycles. The lowest BCUT2D eigenvalue weighted by molar-refractivity contribution is 0.485. The molecule has 1 aliphatic rings. The highest BCUT2D eigenvalue weighted by Crippen LogP contribution is 2.37. The zero-order valence-electron chi connectivity index (χ0n) is 11.4. The second-order valence-electron chi connectivity index (χ2n) is 5.33. The van der Waals surface area contributed by atoms with Crippen molar-refractivity contribution >= 4 is 16.8 Å². The standard InChI is InChI=1S/C17H16N2O/c1-11-5-4-8-15-16(11)19-17(20-15)13-9-10-18-14-7-3-2-6-12(13)14/h2-8,13,18H,9-10H2,1H3. The first-order chi connectivity index (χ1) is 9.83. The summed E-state index contributed by atoms with van der Waals surface area (Å²) in [6.07, 6.45) is 1.02. The summed E-state index contributed by atoms with van der Waals surface area (Å²) >= 11 is 0. The van der Waals surface area contributed by atoms with Crippen molar-refractivity contribution in [3.05, 3.63) is 59.5 Å². The van der Waals surface area contributed by atoms with Crippen LogP contribution in [-0.4, -0.2) is 11.5 Å². The van der Waals surface area contributed by atoms with E-state index >= 15 is 0 Å². The summed E-state index contributed by atoms with van der Waals surface area (Å²) in [6, 6.07) is 14.5. The number of fused-ring (bicyclic) bond motifs is 2. The van der Waals surface area contributed by atoms with Crippen molar-refractivity contribution in [3.8, 4) is 0 Å². The van der Waals surface area contributed by atoms with Crippen molar-refractivity contribution < 1.29 is 4.42 Å². The molecule has 0 radical (unpaired) electrons. The van der Waals surface area contributed by atoms with Crippen molar-refractivity contribution in [1.29, 1.82) is 0 Å². The van der Waals surface area contributed by atoms with Gasteiger partial charge in [0.25, 0.3) is 0 Å². The van der Waals surface area contributed by atoms with Crippen molar-refractivity contribution in [1.82, 2.24) is 4.98 Å². The summed E-state index contributed by atoms with van der Waals surface area (Å²) in [5.74, 6) is 1.09. The Morgan fingerprint density at radius 3 is 2.95 bits per heavy atom. The first kappa shape index (κ1) is 11.5. The molecule has 1 aromatic heterocycles. The van der Waals surface area contributed by atoms with E-state index in [4.69, 9.17) is 9.40 Å². The van der Waals surface area contributed by atoms with Gasteiger partial charge in [-0.1, -0.05) is 30.3 Å². The van der Waals surface area contributed by atoms with Crippen LogP contribution in [0.1, 0.15) is 29.4 Å². The van der Waals surface area contributed by atoms with Gasteiger partial charge >= 0.3 is 0 Å². The SMILES string of the molecule is Cc1cccc2oc(C3CCNc4ccccc43)nc12. The fraction of sp³-hybridized carbons (Fsp3) is 0.235. The number of hydrogen-bond donors (Lipinski definition) is 1. The Hall–Kier alpha value is -2.29. The van der Waals surface area contributed by atoms with Gasteiger partial charge < -0.3 is 9.73 Å². The van der Waals surface area contributed by atoms with Crippen LogP contribution in [0.3, 0.4) is 0 Å². The molecule has 100 valence electrons. The molecule has 2 heterocycles. The molecule has 1 atom stereocenters. The van der Waals surface area contributed by atoms with Gasteiger partial charge in [0, 0.05) is 12.2 Å². The normalized spacial score (nSPS) is 17.8. The van der Waals surface area contributed by atoms with E-state index in [9.17, 15) is 0 Å². The largest absolute Gasteiger partial charge is 0.440 e. The lowest BCUT2D eigenvalue weighted by Crippen LogP contribution is -2.17. The van der Waals surface area contributed by atoms with Crippen LogP contribution in [0.4, 0.5) is 5.69 Å². The second-order valence-corrected chi connectivity index (χ2v) is 5.33. The van der Waals surface area contributed by atoms with E-state index in [1.165, 1.54) is 16.8 Å². The van der Waals surface area contributed by atoms with Gasteiger partial charge in [-0.3, -0.25) is 0 Å². The number of para-hydroxylation sites is 2. The molecule has 0 saturated heterocycles. The zero-order valence-corrected chi connectivity index (χ0v) is 11.4. The van der Waals surface area contributed by atoms with Crippen LogP contribution in [0.25, 0.3) is 11.1 Å². The Kier molecular flexibility index (Phi) is 2.52. The van der Waals surface area contributed by atoms with Crippen molar-refractivity contribution in [2.24, 2.45) is 0 Å². The van der Waals surface area contributed by atoms with Crippen molar-refractivity contribution in [2.75, 3.05) is 11.9 Å². The summed E-state index contributed by atoms with van der Waals surface area (Å²) < 4.78 is 6.01.